The Bertz CT molecular complexity index is 552. The SMILES string of the molecule is Cc1cncc(C(C)Cc2cncc(C(C)S)c2)c1. The van der Waals surface area contributed by atoms with Crippen molar-refractivity contribution >= 4 is 12.6 Å². The van der Waals surface area contributed by atoms with Crippen molar-refractivity contribution in [3.63, 3.8) is 0 Å². The molecule has 0 saturated carbocycles. The molecule has 0 aliphatic heterocycles. The minimum atomic E-state index is 0.225. The minimum Gasteiger partial charge on any atom is -0.264 e. The molecule has 0 aromatic carbocycles. The highest BCUT2D eigenvalue weighted by molar-refractivity contribution is 7.80. The molecule has 0 aliphatic rings. The van der Waals surface area contributed by atoms with Crippen LogP contribution in [0, 0.1) is 6.92 Å². The fourth-order valence-corrected chi connectivity index (χ4v) is 2.31. The van der Waals surface area contributed by atoms with Gasteiger partial charge in [-0.15, -0.1) is 0 Å². The standard InChI is InChI=1S/C16H20N2S/c1-11-4-15(9-17-7-11)12(2)5-14-6-16(13(3)19)10-18-8-14/h4,6-10,12-13,19H,5H2,1-3H3. The molecule has 2 atom stereocenters. The van der Waals surface area contributed by atoms with Gasteiger partial charge >= 0.3 is 0 Å². The Labute approximate surface area is 120 Å². The first kappa shape index (κ1) is 14.1. The molecule has 2 unspecified atom stereocenters. The van der Waals surface area contributed by atoms with Crippen LogP contribution in [-0.4, -0.2) is 9.97 Å². The number of aryl methyl sites for hydroxylation is 1. The van der Waals surface area contributed by atoms with Gasteiger partial charge in [0.2, 0.25) is 0 Å². The molecular formula is C16H20N2S. The lowest BCUT2D eigenvalue weighted by atomic mass is 9.94. The van der Waals surface area contributed by atoms with E-state index in [0.29, 0.717) is 5.92 Å². The number of aromatic nitrogens is 2. The van der Waals surface area contributed by atoms with Crippen LogP contribution in [0.1, 0.15) is 47.3 Å². The van der Waals surface area contributed by atoms with Gasteiger partial charge in [0.15, 0.2) is 0 Å². The fraction of sp³-hybridized carbons (Fsp3) is 0.375. The van der Waals surface area contributed by atoms with E-state index in [-0.39, 0.29) is 5.25 Å². The van der Waals surface area contributed by atoms with Crippen molar-refractivity contribution in [2.24, 2.45) is 0 Å². The van der Waals surface area contributed by atoms with Crippen LogP contribution in [-0.2, 0) is 6.42 Å². The van der Waals surface area contributed by atoms with Gasteiger partial charge in [-0.25, -0.2) is 0 Å². The number of thiol groups is 1. The molecular weight excluding hydrogens is 252 g/mol. The number of rotatable bonds is 4. The molecule has 2 heterocycles. The van der Waals surface area contributed by atoms with Crippen LogP contribution >= 0.6 is 12.6 Å². The average molecular weight is 272 g/mol. The first-order chi connectivity index (χ1) is 9.06. The molecule has 2 aromatic rings. The first-order valence-electron chi connectivity index (χ1n) is 6.59. The van der Waals surface area contributed by atoms with Crippen molar-refractivity contribution in [3.05, 3.63) is 59.2 Å². The topological polar surface area (TPSA) is 25.8 Å². The van der Waals surface area contributed by atoms with Gasteiger partial charge in [0.05, 0.1) is 0 Å². The van der Waals surface area contributed by atoms with Crippen molar-refractivity contribution in [2.75, 3.05) is 0 Å². The zero-order valence-electron chi connectivity index (χ0n) is 11.7. The lowest BCUT2D eigenvalue weighted by Crippen LogP contribution is -2.01. The van der Waals surface area contributed by atoms with Crippen molar-refractivity contribution in [2.45, 2.75) is 38.4 Å². The highest BCUT2D eigenvalue weighted by Gasteiger charge is 2.09. The third-order valence-electron chi connectivity index (χ3n) is 3.31. The van der Waals surface area contributed by atoms with Gasteiger partial charge in [-0.3, -0.25) is 9.97 Å². The Morgan fingerprint density at radius 1 is 1.00 bits per heavy atom. The lowest BCUT2D eigenvalue weighted by Gasteiger charge is -2.13. The highest BCUT2D eigenvalue weighted by Crippen LogP contribution is 2.23. The molecule has 0 saturated heterocycles. The maximum atomic E-state index is 4.46. The third kappa shape index (κ3) is 3.80. The van der Waals surface area contributed by atoms with E-state index in [2.05, 4.69) is 55.5 Å². The van der Waals surface area contributed by atoms with E-state index in [1.807, 2.05) is 24.8 Å². The van der Waals surface area contributed by atoms with Gasteiger partial charge in [0.25, 0.3) is 0 Å². The summed E-state index contributed by atoms with van der Waals surface area (Å²) < 4.78 is 0. The van der Waals surface area contributed by atoms with Crippen molar-refractivity contribution in [3.8, 4) is 0 Å². The molecule has 2 aromatic heterocycles. The Morgan fingerprint density at radius 3 is 2.37 bits per heavy atom. The van der Waals surface area contributed by atoms with E-state index < -0.39 is 0 Å². The van der Waals surface area contributed by atoms with E-state index in [1.165, 1.54) is 22.3 Å². The van der Waals surface area contributed by atoms with E-state index in [0.717, 1.165) is 6.42 Å². The van der Waals surface area contributed by atoms with Crippen LogP contribution < -0.4 is 0 Å². The minimum absolute atomic E-state index is 0.225. The molecule has 3 heteroatoms. The van der Waals surface area contributed by atoms with Gasteiger partial charge in [0.1, 0.15) is 0 Å². The largest absolute Gasteiger partial charge is 0.264 e. The normalized spacial score (nSPS) is 14.1. The van der Waals surface area contributed by atoms with Gasteiger partial charge in [-0.05, 0) is 48.4 Å². The Morgan fingerprint density at radius 2 is 1.68 bits per heavy atom. The van der Waals surface area contributed by atoms with E-state index >= 15 is 0 Å². The number of hydrogen-bond donors (Lipinski definition) is 1. The number of nitrogens with zero attached hydrogens (tertiary/aromatic N) is 2. The Kier molecular flexibility index (Phi) is 4.59. The molecule has 0 N–H and O–H groups in total. The second-order valence-electron chi connectivity index (χ2n) is 5.20. The van der Waals surface area contributed by atoms with Crippen LogP contribution in [0.3, 0.4) is 0 Å². The van der Waals surface area contributed by atoms with Crippen LogP contribution in [0.4, 0.5) is 0 Å². The van der Waals surface area contributed by atoms with E-state index in [9.17, 15) is 0 Å². The predicted molar refractivity (Wildman–Crippen MR) is 82.7 cm³/mol. The highest BCUT2D eigenvalue weighted by atomic mass is 32.1. The predicted octanol–water partition coefficient (Wildman–Crippen LogP) is 4.12. The molecule has 0 amide bonds. The maximum absolute atomic E-state index is 4.46. The molecule has 19 heavy (non-hydrogen) atoms. The molecule has 2 nitrogen and oxygen atoms in total. The smallest absolute Gasteiger partial charge is 0.0311 e. The Hall–Kier alpha value is -1.35. The second-order valence-corrected chi connectivity index (χ2v) is 5.98. The van der Waals surface area contributed by atoms with Crippen LogP contribution in [0.2, 0.25) is 0 Å². The quantitative estimate of drug-likeness (QED) is 0.847. The second kappa shape index (κ2) is 6.20. The summed E-state index contributed by atoms with van der Waals surface area (Å²) in [7, 11) is 0. The number of pyridine rings is 2. The molecule has 0 aliphatic carbocycles. The van der Waals surface area contributed by atoms with Crippen molar-refractivity contribution < 1.29 is 0 Å². The molecule has 0 spiro atoms. The average Bonchev–Trinajstić information content (AvgIpc) is 2.39. The van der Waals surface area contributed by atoms with Gasteiger partial charge in [-0.2, -0.15) is 12.6 Å². The van der Waals surface area contributed by atoms with Gasteiger partial charge < -0.3 is 0 Å². The summed E-state index contributed by atoms with van der Waals surface area (Å²) in [6.45, 7) is 6.37. The number of hydrogen-bond acceptors (Lipinski definition) is 3. The molecule has 100 valence electrons. The van der Waals surface area contributed by atoms with Crippen LogP contribution in [0.15, 0.2) is 36.9 Å². The zero-order chi connectivity index (χ0) is 13.8. The maximum Gasteiger partial charge on any atom is 0.0311 e. The van der Waals surface area contributed by atoms with Crippen molar-refractivity contribution in [1.82, 2.24) is 9.97 Å². The monoisotopic (exact) mass is 272 g/mol. The van der Waals surface area contributed by atoms with E-state index in [4.69, 9.17) is 0 Å². The molecule has 0 bridgehead atoms. The summed E-state index contributed by atoms with van der Waals surface area (Å²) in [5, 5.41) is 0.225. The third-order valence-corrected chi connectivity index (χ3v) is 3.60. The summed E-state index contributed by atoms with van der Waals surface area (Å²) in [5.74, 6) is 0.444. The van der Waals surface area contributed by atoms with Gasteiger partial charge in [-0.1, -0.05) is 19.1 Å². The van der Waals surface area contributed by atoms with E-state index in [1.54, 1.807) is 0 Å². The summed E-state index contributed by atoms with van der Waals surface area (Å²) in [6.07, 6.45) is 8.66. The van der Waals surface area contributed by atoms with Crippen LogP contribution in [0.25, 0.3) is 0 Å². The Balaban J connectivity index is 2.14. The zero-order valence-corrected chi connectivity index (χ0v) is 12.6. The molecule has 0 radical (unpaired) electrons. The fourth-order valence-electron chi connectivity index (χ4n) is 2.17. The van der Waals surface area contributed by atoms with Gasteiger partial charge in [0, 0.05) is 30.0 Å². The summed E-state index contributed by atoms with van der Waals surface area (Å²) in [4.78, 5) is 8.57. The molecule has 0 fully saturated rings. The van der Waals surface area contributed by atoms with Crippen molar-refractivity contribution in [1.29, 1.82) is 0 Å². The molecule has 2 rings (SSSR count). The first-order valence-corrected chi connectivity index (χ1v) is 7.11. The van der Waals surface area contributed by atoms with Crippen LogP contribution in [0.5, 0.6) is 0 Å². The summed E-state index contributed by atoms with van der Waals surface area (Å²) in [6, 6.07) is 4.40. The summed E-state index contributed by atoms with van der Waals surface area (Å²) >= 11 is 4.46. The summed E-state index contributed by atoms with van der Waals surface area (Å²) in [5.41, 5.74) is 4.92. The lowest BCUT2D eigenvalue weighted by molar-refractivity contribution is 0.749.